The lowest BCUT2D eigenvalue weighted by molar-refractivity contribution is 0.811. The van der Waals surface area contributed by atoms with Gasteiger partial charge < -0.3 is 9.13 Å². The second-order valence-corrected chi connectivity index (χ2v) is 4.76. The summed E-state index contributed by atoms with van der Waals surface area (Å²) in [6.07, 6.45) is 7.72. The second-order valence-electron chi connectivity index (χ2n) is 4.01. The molecule has 3 aromatic heterocycles. The lowest BCUT2D eigenvalue weighted by Crippen LogP contribution is -1.98. The Kier molecular flexibility index (Phi) is 2.48. The van der Waals surface area contributed by atoms with Gasteiger partial charge in [-0.05, 0) is 28.1 Å². The van der Waals surface area contributed by atoms with Gasteiger partial charge in [0, 0.05) is 31.0 Å². The van der Waals surface area contributed by atoms with Gasteiger partial charge in [-0.15, -0.1) is 0 Å². The maximum atomic E-state index is 4.33. The first-order valence-corrected chi connectivity index (χ1v) is 6.09. The molecule has 0 unspecified atom stereocenters. The minimum Gasteiger partial charge on any atom is -0.341 e. The van der Waals surface area contributed by atoms with Gasteiger partial charge in [-0.3, -0.25) is 0 Å². The highest BCUT2D eigenvalue weighted by Crippen LogP contribution is 2.22. The molecular weight excluding hydrogens is 280 g/mol. The van der Waals surface area contributed by atoms with E-state index in [1.54, 1.807) is 6.20 Å². The summed E-state index contributed by atoms with van der Waals surface area (Å²) in [5.41, 5.74) is 2.22. The van der Waals surface area contributed by atoms with E-state index in [9.17, 15) is 0 Å². The van der Waals surface area contributed by atoms with Gasteiger partial charge in [-0.2, -0.15) is 0 Å². The average molecular weight is 291 g/mol. The van der Waals surface area contributed by atoms with Crippen LogP contribution in [0.15, 0.2) is 41.7 Å². The van der Waals surface area contributed by atoms with E-state index in [0.29, 0.717) is 0 Å². The number of nitrogens with zero attached hydrogens (tertiary/aromatic N) is 4. The van der Waals surface area contributed by atoms with Crippen molar-refractivity contribution in [3.63, 3.8) is 0 Å². The second kappa shape index (κ2) is 4.00. The van der Waals surface area contributed by atoms with Crippen LogP contribution in [-0.4, -0.2) is 19.1 Å². The van der Waals surface area contributed by atoms with E-state index in [1.807, 2.05) is 30.2 Å². The Morgan fingerprint density at radius 2 is 2.18 bits per heavy atom. The van der Waals surface area contributed by atoms with Crippen LogP contribution >= 0.6 is 15.9 Å². The van der Waals surface area contributed by atoms with Crippen LogP contribution < -0.4 is 0 Å². The molecule has 0 amide bonds. The Bertz CT molecular complexity index is 668. The van der Waals surface area contributed by atoms with Crippen molar-refractivity contribution in [2.45, 2.75) is 6.54 Å². The molecule has 5 heteroatoms. The molecule has 0 fully saturated rings. The summed E-state index contributed by atoms with van der Waals surface area (Å²) in [6, 6.07) is 4.08. The van der Waals surface area contributed by atoms with Crippen molar-refractivity contribution >= 4 is 26.8 Å². The number of aryl methyl sites for hydroxylation is 1. The minimum atomic E-state index is 0.779. The van der Waals surface area contributed by atoms with Crippen LogP contribution in [0.25, 0.3) is 10.9 Å². The number of hydrogen-bond acceptors (Lipinski definition) is 2. The number of pyridine rings is 1. The van der Waals surface area contributed by atoms with Crippen LogP contribution in [0.2, 0.25) is 0 Å². The number of rotatable bonds is 2. The van der Waals surface area contributed by atoms with Crippen LogP contribution in [0.1, 0.15) is 5.69 Å². The summed E-state index contributed by atoms with van der Waals surface area (Å²) >= 11 is 3.46. The summed E-state index contributed by atoms with van der Waals surface area (Å²) in [6.45, 7) is 0.779. The fourth-order valence-electron chi connectivity index (χ4n) is 1.95. The smallest absolute Gasteiger partial charge is 0.115 e. The zero-order chi connectivity index (χ0) is 11.8. The number of fused-ring (bicyclic) bond motifs is 1. The highest BCUT2D eigenvalue weighted by molar-refractivity contribution is 9.10. The molecule has 3 aromatic rings. The lowest BCUT2D eigenvalue weighted by atomic mass is 10.3. The van der Waals surface area contributed by atoms with E-state index in [0.717, 1.165) is 27.7 Å². The molecule has 0 spiro atoms. The highest BCUT2D eigenvalue weighted by atomic mass is 79.9. The van der Waals surface area contributed by atoms with Crippen molar-refractivity contribution in [2.24, 2.45) is 7.05 Å². The highest BCUT2D eigenvalue weighted by Gasteiger charge is 2.06. The zero-order valence-electron chi connectivity index (χ0n) is 9.34. The topological polar surface area (TPSA) is 35.6 Å². The third kappa shape index (κ3) is 1.86. The van der Waals surface area contributed by atoms with Crippen molar-refractivity contribution in [2.75, 3.05) is 0 Å². The molecule has 0 aliphatic heterocycles. The number of halogens is 1. The molecule has 0 radical (unpaired) electrons. The first-order valence-electron chi connectivity index (χ1n) is 5.30. The molecule has 0 bridgehead atoms. The van der Waals surface area contributed by atoms with Crippen molar-refractivity contribution in [3.8, 4) is 0 Å². The molecule has 0 saturated carbocycles. The van der Waals surface area contributed by atoms with Crippen LogP contribution in [0, 0.1) is 0 Å². The van der Waals surface area contributed by atoms with Crippen LogP contribution in [-0.2, 0) is 13.6 Å². The maximum Gasteiger partial charge on any atom is 0.115 e. The summed E-state index contributed by atoms with van der Waals surface area (Å²) in [7, 11) is 1.98. The van der Waals surface area contributed by atoms with Gasteiger partial charge in [0.05, 0.1) is 24.1 Å². The van der Waals surface area contributed by atoms with Crippen molar-refractivity contribution in [1.82, 2.24) is 19.1 Å². The molecule has 17 heavy (non-hydrogen) atoms. The number of aromatic nitrogens is 4. The van der Waals surface area contributed by atoms with Gasteiger partial charge in [0.15, 0.2) is 0 Å². The van der Waals surface area contributed by atoms with Crippen molar-refractivity contribution in [1.29, 1.82) is 0 Å². The molecular formula is C12H11BrN4. The Morgan fingerprint density at radius 1 is 1.29 bits per heavy atom. The monoisotopic (exact) mass is 290 g/mol. The van der Waals surface area contributed by atoms with Gasteiger partial charge in [0.25, 0.3) is 0 Å². The summed E-state index contributed by atoms with van der Waals surface area (Å²) < 4.78 is 5.01. The molecule has 0 aliphatic rings. The summed E-state index contributed by atoms with van der Waals surface area (Å²) in [4.78, 5) is 8.55. The van der Waals surface area contributed by atoms with Gasteiger partial charge >= 0.3 is 0 Å². The fourth-order valence-corrected chi connectivity index (χ4v) is 2.40. The van der Waals surface area contributed by atoms with Crippen LogP contribution in [0.5, 0.6) is 0 Å². The molecule has 4 nitrogen and oxygen atoms in total. The first kappa shape index (κ1) is 10.5. The quantitative estimate of drug-likeness (QED) is 0.680. The molecule has 86 valence electrons. The van der Waals surface area contributed by atoms with Crippen molar-refractivity contribution < 1.29 is 0 Å². The molecule has 0 N–H and O–H groups in total. The SMILES string of the molecule is Cn1cnc(Cn2ccc3c(Br)nccc32)c1. The lowest BCUT2D eigenvalue weighted by Gasteiger charge is -2.02. The fraction of sp³-hybridized carbons (Fsp3) is 0.167. The van der Waals surface area contributed by atoms with Gasteiger partial charge in [0.2, 0.25) is 0 Å². The molecule has 3 rings (SSSR count). The Hall–Kier alpha value is -1.62. The average Bonchev–Trinajstić information content (AvgIpc) is 2.88. The Morgan fingerprint density at radius 3 is 2.94 bits per heavy atom. The van der Waals surface area contributed by atoms with Gasteiger partial charge in [-0.25, -0.2) is 9.97 Å². The molecule has 0 aromatic carbocycles. The standard InChI is InChI=1S/C12H11BrN4/c1-16-6-9(15-8-16)7-17-5-3-10-11(17)2-4-14-12(10)13/h2-6,8H,7H2,1H3. The van der Waals surface area contributed by atoms with Gasteiger partial charge in [0.1, 0.15) is 4.60 Å². The predicted octanol–water partition coefficient (Wildman–Crippen LogP) is 2.58. The number of imidazole rings is 1. The minimum absolute atomic E-state index is 0.779. The molecule has 0 saturated heterocycles. The van der Waals surface area contributed by atoms with E-state index in [4.69, 9.17) is 0 Å². The van der Waals surface area contributed by atoms with Gasteiger partial charge in [-0.1, -0.05) is 0 Å². The zero-order valence-corrected chi connectivity index (χ0v) is 10.9. The van der Waals surface area contributed by atoms with E-state index < -0.39 is 0 Å². The largest absolute Gasteiger partial charge is 0.341 e. The number of hydrogen-bond donors (Lipinski definition) is 0. The Labute approximate surface area is 107 Å². The Balaban J connectivity index is 2.04. The predicted molar refractivity (Wildman–Crippen MR) is 69.7 cm³/mol. The molecule has 0 aliphatic carbocycles. The van der Waals surface area contributed by atoms with Crippen LogP contribution in [0.4, 0.5) is 0 Å². The summed E-state index contributed by atoms with van der Waals surface area (Å²) in [5, 5.41) is 1.13. The normalized spacial score (nSPS) is 11.2. The molecule has 3 heterocycles. The summed E-state index contributed by atoms with van der Waals surface area (Å²) in [5.74, 6) is 0. The van der Waals surface area contributed by atoms with Crippen molar-refractivity contribution in [3.05, 3.63) is 47.3 Å². The van der Waals surface area contributed by atoms with E-state index in [-0.39, 0.29) is 0 Å². The first-order chi connectivity index (χ1) is 8.24. The van der Waals surface area contributed by atoms with E-state index in [1.165, 1.54) is 0 Å². The van der Waals surface area contributed by atoms with E-state index >= 15 is 0 Å². The van der Waals surface area contributed by atoms with Crippen LogP contribution in [0.3, 0.4) is 0 Å². The maximum absolute atomic E-state index is 4.33. The third-order valence-electron chi connectivity index (χ3n) is 2.74. The van der Waals surface area contributed by atoms with E-state index in [2.05, 4.69) is 42.7 Å². The third-order valence-corrected chi connectivity index (χ3v) is 3.37. The molecule has 0 atom stereocenters.